The summed E-state index contributed by atoms with van der Waals surface area (Å²) < 4.78 is 33.0. The molecule has 12 heteroatoms. The van der Waals surface area contributed by atoms with E-state index in [1.54, 1.807) is 6.33 Å². The molecule has 0 bridgehead atoms. The molecule has 4 rings (SSSR count). The quantitative estimate of drug-likeness (QED) is 0.518. The second-order valence-electron chi connectivity index (χ2n) is 7.10. The zero-order chi connectivity index (χ0) is 21.3. The molecule has 1 aliphatic rings. The lowest BCUT2D eigenvalue weighted by atomic mass is 10.1. The van der Waals surface area contributed by atoms with E-state index >= 15 is 0 Å². The summed E-state index contributed by atoms with van der Waals surface area (Å²) in [6.45, 7) is -0.0658. The molecular weight excluding hydrogens is 412 g/mol. The van der Waals surface area contributed by atoms with E-state index in [-0.39, 0.29) is 29.9 Å². The van der Waals surface area contributed by atoms with Gasteiger partial charge in [-0.15, -0.1) is 0 Å². The SMILES string of the molecule is Nc1ncnc2c1ncn2[C@@H]1CC[C@H](COS(=O)(=O)NC(=O)c2ccccc2O)C1. The van der Waals surface area contributed by atoms with Gasteiger partial charge in [0.15, 0.2) is 11.5 Å². The average molecular weight is 432 g/mol. The lowest BCUT2D eigenvalue weighted by molar-refractivity contribution is 0.0972. The number of amides is 1. The summed E-state index contributed by atoms with van der Waals surface area (Å²) in [4.78, 5) is 24.5. The predicted molar refractivity (Wildman–Crippen MR) is 107 cm³/mol. The largest absolute Gasteiger partial charge is 0.507 e. The van der Waals surface area contributed by atoms with Gasteiger partial charge in [-0.05, 0) is 37.3 Å². The summed E-state index contributed by atoms with van der Waals surface area (Å²) >= 11 is 0. The van der Waals surface area contributed by atoms with Gasteiger partial charge in [0.25, 0.3) is 5.91 Å². The van der Waals surface area contributed by atoms with Crippen molar-refractivity contribution >= 4 is 33.2 Å². The third kappa shape index (κ3) is 4.04. The number of phenols is 1. The van der Waals surface area contributed by atoms with E-state index in [1.165, 1.54) is 30.6 Å². The van der Waals surface area contributed by atoms with E-state index < -0.39 is 16.2 Å². The van der Waals surface area contributed by atoms with Crippen LogP contribution in [0.25, 0.3) is 11.2 Å². The second kappa shape index (κ2) is 7.88. The van der Waals surface area contributed by atoms with E-state index in [2.05, 4.69) is 15.0 Å². The molecule has 30 heavy (non-hydrogen) atoms. The number of nitrogens with zero attached hydrogens (tertiary/aromatic N) is 4. The highest BCUT2D eigenvalue weighted by Gasteiger charge is 2.29. The van der Waals surface area contributed by atoms with Crippen molar-refractivity contribution in [2.45, 2.75) is 25.3 Å². The first kappa shape index (κ1) is 20.0. The zero-order valence-corrected chi connectivity index (χ0v) is 16.6. The Bertz CT molecular complexity index is 1190. The highest BCUT2D eigenvalue weighted by atomic mass is 32.2. The Morgan fingerprint density at radius 1 is 1.27 bits per heavy atom. The molecule has 1 aromatic carbocycles. The molecule has 1 fully saturated rings. The molecule has 11 nitrogen and oxygen atoms in total. The number of carbonyl (C=O) groups is 1. The summed E-state index contributed by atoms with van der Waals surface area (Å²) in [5.74, 6) is -0.994. The van der Waals surface area contributed by atoms with Crippen LogP contribution in [0.4, 0.5) is 5.82 Å². The van der Waals surface area contributed by atoms with Crippen LogP contribution >= 0.6 is 0 Å². The normalized spacial score (nSPS) is 19.2. The van der Waals surface area contributed by atoms with Crippen LogP contribution in [0.5, 0.6) is 5.75 Å². The summed E-state index contributed by atoms with van der Waals surface area (Å²) in [5.41, 5.74) is 6.83. The molecule has 3 aromatic rings. The molecule has 0 spiro atoms. The monoisotopic (exact) mass is 432 g/mol. The van der Waals surface area contributed by atoms with Crippen LogP contribution in [0.3, 0.4) is 0 Å². The molecular formula is C18H20N6O5S. The van der Waals surface area contributed by atoms with Crippen molar-refractivity contribution in [2.24, 2.45) is 5.92 Å². The van der Waals surface area contributed by atoms with E-state index in [4.69, 9.17) is 9.92 Å². The highest BCUT2D eigenvalue weighted by Crippen LogP contribution is 2.36. The van der Waals surface area contributed by atoms with Crippen LogP contribution in [0.1, 0.15) is 35.7 Å². The number of nitrogen functional groups attached to an aromatic ring is 1. The van der Waals surface area contributed by atoms with Crippen molar-refractivity contribution in [3.05, 3.63) is 42.5 Å². The maximum atomic E-state index is 12.1. The first-order valence-electron chi connectivity index (χ1n) is 9.26. The van der Waals surface area contributed by atoms with Crippen molar-refractivity contribution in [3.63, 3.8) is 0 Å². The van der Waals surface area contributed by atoms with Crippen LogP contribution in [0.2, 0.25) is 0 Å². The Balaban J connectivity index is 1.36. The number of phenolic OH excluding ortho intramolecular Hbond substituents is 1. The van der Waals surface area contributed by atoms with Crippen LogP contribution in [-0.4, -0.2) is 45.6 Å². The predicted octanol–water partition coefficient (Wildman–Crippen LogP) is 1.15. The third-order valence-corrected chi connectivity index (χ3v) is 6.00. The zero-order valence-electron chi connectivity index (χ0n) is 15.8. The molecule has 0 unspecified atom stereocenters. The van der Waals surface area contributed by atoms with Gasteiger partial charge in [0.1, 0.15) is 17.6 Å². The van der Waals surface area contributed by atoms with Crippen molar-refractivity contribution in [2.75, 3.05) is 12.3 Å². The molecule has 2 heterocycles. The first-order chi connectivity index (χ1) is 14.3. The molecule has 1 aliphatic carbocycles. The molecule has 158 valence electrons. The smallest absolute Gasteiger partial charge is 0.362 e. The fourth-order valence-corrected chi connectivity index (χ4v) is 4.41. The molecule has 2 atom stereocenters. The summed E-state index contributed by atoms with van der Waals surface area (Å²) in [5, 5.41) is 9.67. The summed E-state index contributed by atoms with van der Waals surface area (Å²) in [6.07, 6.45) is 5.25. The Kier molecular flexibility index (Phi) is 5.26. The van der Waals surface area contributed by atoms with E-state index in [1.807, 2.05) is 9.29 Å². The highest BCUT2D eigenvalue weighted by molar-refractivity contribution is 7.85. The number of hydrogen-bond donors (Lipinski definition) is 3. The Hall–Kier alpha value is -3.25. The van der Waals surface area contributed by atoms with Gasteiger partial charge in [-0.3, -0.25) is 8.98 Å². The number of aromatic hydroxyl groups is 1. The number of carbonyl (C=O) groups excluding carboxylic acids is 1. The Labute approximate surface area is 172 Å². The van der Waals surface area contributed by atoms with Crippen LogP contribution in [-0.2, 0) is 14.5 Å². The van der Waals surface area contributed by atoms with Gasteiger partial charge in [-0.1, -0.05) is 12.1 Å². The maximum Gasteiger partial charge on any atom is 0.362 e. The van der Waals surface area contributed by atoms with Crippen molar-refractivity contribution in [1.29, 1.82) is 0 Å². The van der Waals surface area contributed by atoms with Gasteiger partial charge in [0.05, 0.1) is 18.5 Å². The molecule has 1 amide bonds. The van der Waals surface area contributed by atoms with Crippen LogP contribution in [0, 0.1) is 5.92 Å². The van der Waals surface area contributed by atoms with Gasteiger partial charge in [-0.2, -0.15) is 8.42 Å². The lowest BCUT2D eigenvalue weighted by Gasteiger charge is -2.14. The fourth-order valence-electron chi connectivity index (χ4n) is 3.64. The topological polar surface area (TPSA) is 162 Å². The van der Waals surface area contributed by atoms with Crippen molar-refractivity contribution in [3.8, 4) is 5.75 Å². The van der Waals surface area contributed by atoms with Gasteiger partial charge in [-0.25, -0.2) is 19.7 Å². The van der Waals surface area contributed by atoms with Gasteiger partial charge >= 0.3 is 10.3 Å². The number of hydrogen-bond acceptors (Lipinski definition) is 9. The molecule has 0 radical (unpaired) electrons. The van der Waals surface area contributed by atoms with Gasteiger partial charge in [0.2, 0.25) is 0 Å². The van der Waals surface area contributed by atoms with Gasteiger partial charge in [0, 0.05) is 6.04 Å². The number of para-hydroxylation sites is 1. The third-order valence-electron chi connectivity index (χ3n) is 5.12. The standard InChI is InChI=1S/C18H20N6O5S/c19-16-15-17(21-9-20-16)24(10-22-15)12-6-5-11(7-12)8-29-30(27,28)23-18(26)13-3-1-2-4-14(13)25/h1-4,9-12,25H,5-8H2,(H,23,26)(H2,19,20,21)/t11-,12+/m0/s1. The molecule has 2 aromatic heterocycles. The number of nitrogens with two attached hydrogens (primary N) is 1. The Morgan fingerprint density at radius 2 is 2.07 bits per heavy atom. The number of fused-ring (bicyclic) bond motifs is 1. The van der Waals surface area contributed by atoms with Crippen molar-refractivity contribution in [1.82, 2.24) is 24.2 Å². The summed E-state index contributed by atoms with van der Waals surface area (Å²) in [7, 11) is -4.31. The first-order valence-corrected chi connectivity index (χ1v) is 10.7. The number of rotatable bonds is 6. The average Bonchev–Trinajstić information content (AvgIpc) is 3.34. The minimum atomic E-state index is -4.31. The second-order valence-corrected chi connectivity index (χ2v) is 8.45. The minimum absolute atomic E-state index is 0.0246. The number of benzene rings is 1. The number of anilines is 1. The van der Waals surface area contributed by atoms with E-state index in [0.717, 1.165) is 12.8 Å². The summed E-state index contributed by atoms with van der Waals surface area (Å²) in [6, 6.07) is 5.72. The molecule has 4 N–H and O–H groups in total. The number of imidazole rings is 1. The van der Waals surface area contributed by atoms with Crippen LogP contribution < -0.4 is 10.5 Å². The molecule has 1 saturated carbocycles. The lowest BCUT2D eigenvalue weighted by Crippen LogP contribution is -2.33. The molecule has 0 saturated heterocycles. The maximum absolute atomic E-state index is 12.1. The number of aromatic nitrogens is 4. The number of nitrogens with one attached hydrogen (secondary N) is 1. The fraction of sp³-hybridized carbons (Fsp3) is 0.333. The van der Waals surface area contributed by atoms with E-state index in [0.29, 0.717) is 23.4 Å². The van der Waals surface area contributed by atoms with Crippen molar-refractivity contribution < 1.29 is 22.5 Å². The Morgan fingerprint density at radius 3 is 2.87 bits per heavy atom. The van der Waals surface area contributed by atoms with Gasteiger partial charge < -0.3 is 15.4 Å². The van der Waals surface area contributed by atoms with Crippen LogP contribution in [0.15, 0.2) is 36.9 Å². The van der Waals surface area contributed by atoms with E-state index in [9.17, 15) is 18.3 Å². The minimum Gasteiger partial charge on any atom is -0.507 e. The molecule has 0 aliphatic heterocycles.